The van der Waals surface area contributed by atoms with Crippen molar-refractivity contribution in [3.63, 3.8) is 0 Å². The molecule has 6 heteroatoms. The molecule has 0 aliphatic rings. The summed E-state index contributed by atoms with van der Waals surface area (Å²) < 4.78 is 11.0. The molecule has 0 heterocycles. The zero-order valence-corrected chi connectivity index (χ0v) is 6.39. The molecule has 0 atom stereocenters. The van der Waals surface area contributed by atoms with Crippen LogP contribution in [0.1, 0.15) is 6.92 Å². The Hall–Kier alpha value is -0.360. The van der Waals surface area contributed by atoms with Crippen molar-refractivity contribution < 1.29 is 14.2 Å². The van der Waals surface area contributed by atoms with Gasteiger partial charge in [-0.25, -0.2) is 5.43 Å². The van der Waals surface area contributed by atoms with Gasteiger partial charge in [-0.1, -0.05) is 0 Å². The molecular weight excluding hydrogens is 160 g/mol. The van der Waals surface area contributed by atoms with Crippen LogP contribution in [0.4, 0.5) is 0 Å². The van der Waals surface area contributed by atoms with E-state index < -0.39 is 0 Å². The Morgan fingerprint density at radius 2 is 2.30 bits per heavy atom. The maximum absolute atomic E-state index is 10.3. The average Bonchev–Trinajstić information content (AvgIpc) is 1.93. The molecule has 0 aliphatic carbocycles. The van der Waals surface area contributed by atoms with Gasteiger partial charge in [0.1, 0.15) is 6.54 Å². The summed E-state index contributed by atoms with van der Waals surface area (Å²) in [6, 6.07) is 0. The number of esters is 1. The van der Waals surface area contributed by atoms with Crippen LogP contribution in [0.2, 0.25) is 0 Å². The van der Waals surface area contributed by atoms with Gasteiger partial charge in [0.2, 0.25) is 0 Å². The number of halogens is 1. The molecule has 0 saturated carbocycles. The van der Waals surface area contributed by atoms with Crippen molar-refractivity contribution >= 4 is 17.8 Å². The van der Waals surface area contributed by atoms with Crippen LogP contribution in [0.3, 0.4) is 0 Å². The summed E-state index contributed by atoms with van der Waals surface area (Å²) in [5.74, 6) is 4.48. The minimum Gasteiger partial charge on any atom is -0.465 e. The van der Waals surface area contributed by atoms with E-state index in [9.17, 15) is 4.79 Å². The number of ether oxygens (including phenoxy) is 1. The fraction of sp³-hybridized carbons (Fsp3) is 0.750. The summed E-state index contributed by atoms with van der Waals surface area (Å²) in [5.41, 5.74) is 2.18. The quantitative estimate of drug-likeness (QED) is 0.292. The number of nitrogens with one attached hydrogen (secondary N) is 1. The fourth-order valence-electron chi connectivity index (χ4n) is 0.295. The molecule has 0 spiro atoms. The topological polar surface area (TPSA) is 84.6 Å². The molecule has 62 valence electrons. The lowest BCUT2D eigenvalue weighted by Crippen LogP contribution is -2.30. The van der Waals surface area contributed by atoms with E-state index in [1.54, 1.807) is 6.92 Å². The van der Waals surface area contributed by atoms with E-state index in [-0.39, 0.29) is 12.5 Å². The van der Waals surface area contributed by atoms with Crippen LogP contribution in [0, 0.1) is 0 Å². The zero-order chi connectivity index (χ0) is 8.41. The predicted octanol–water partition coefficient (Wildman–Crippen LogP) is -0.855. The van der Waals surface area contributed by atoms with Gasteiger partial charge in [0.05, 0.1) is 18.5 Å². The van der Waals surface area contributed by atoms with Gasteiger partial charge in [-0.05, 0) is 6.92 Å². The van der Waals surface area contributed by atoms with Gasteiger partial charge < -0.3 is 4.74 Å². The Balaban J connectivity index is 0. The van der Waals surface area contributed by atoms with Crippen molar-refractivity contribution in [1.29, 1.82) is 0 Å². The van der Waals surface area contributed by atoms with Crippen LogP contribution in [-0.2, 0) is 9.53 Å². The van der Waals surface area contributed by atoms with E-state index >= 15 is 0 Å². The third kappa shape index (κ3) is 10.6. The lowest BCUT2D eigenvalue weighted by atomic mass is 10.7. The van der Waals surface area contributed by atoms with Gasteiger partial charge in [0.25, 0.3) is 0 Å². The van der Waals surface area contributed by atoms with Crippen LogP contribution in [0.15, 0.2) is 0 Å². The second-order valence-electron chi connectivity index (χ2n) is 1.19. The second kappa shape index (κ2) is 11.4. The largest absolute Gasteiger partial charge is 0.465 e. The van der Waals surface area contributed by atoms with Gasteiger partial charge in [0.15, 0.2) is 0 Å². The third-order valence-electron chi connectivity index (χ3n) is 0.552. The minimum absolute atomic E-state index is 0.0772. The molecule has 0 bridgehead atoms. The van der Waals surface area contributed by atoms with Gasteiger partial charge in [0, 0.05) is 0 Å². The molecule has 0 aliphatic heterocycles. The third-order valence-corrected chi connectivity index (χ3v) is 0.552. The Kier molecular flexibility index (Phi) is 14.1. The van der Waals surface area contributed by atoms with Crippen molar-refractivity contribution in [2.75, 3.05) is 13.2 Å². The lowest BCUT2D eigenvalue weighted by Gasteiger charge is -1.97. The molecule has 0 aromatic carbocycles. The number of hydrogen-bond acceptors (Lipinski definition) is 5. The van der Waals surface area contributed by atoms with Crippen molar-refractivity contribution in [2.24, 2.45) is 5.84 Å². The highest BCUT2D eigenvalue weighted by molar-refractivity contribution is 6.04. The molecule has 10 heavy (non-hydrogen) atoms. The monoisotopic (exact) mass is 170 g/mol. The highest BCUT2D eigenvalue weighted by atomic mass is 35.5. The number of hydrogen-bond donors (Lipinski definition) is 3. The molecule has 0 radical (unpaired) electrons. The smallest absolute Gasteiger partial charge is 0.321 e. The number of rotatable bonds is 3. The van der Waals surface area contributed by atoms with E-state index in [1.807, 2.05) is 0 Å². The zero-order valence-electron chi connectivity index (χ0n) is 5.63. The second-order valence-corrected chi connectivity index (χ2v) is 1.19. The van der Waals surface area contributed by atoms with E-state index in [0.717, 1.165) is 0 Å². The van der Waals surface area contributed by atoms with Crippen LogP contribution in [0.5, 0.6) is 0 Å². The fourth-order valence-corrected chi connectivity index (χ4v) is 0.295. The van der Waals surface area contributed by atoms with Crippen molar-refractivity contribution in [1.82, 2.24) is 5.43 Å². The highest BCUT2D eigenvalue weighted by Crippen LogP contribution is 1.71. The minimum atomic E-state index is -0.324. The summed E-state index contributed by atoms with van der Waals surface area (Å²) >= 11 is 3.64. The van der Waals surface area contributed by atoms with Crippen LogP contribution < -0.4 is 11.3 Å². The highest BCUT2D eigenvalue weighted by Gasteiger charge is 1.95. The Bertz CT molecular complexity index is 72.9. The molecule has 5 nitrogen and oxygen atoms in total. The molecule has 0 unspecified atom stereocenters. The predicted molar refractivity (Wildman–Crippen MR) is 36.9 cm³/mol. The molecule has 0 fully saturated rings. The maximum atomic E-state index is 10.3. The van der Waals surface area contributed by atoms with E-state index in [1.165, 1.54) is 0 Å². The van der Waals surface area contributed by atoms with E-state index in [0.29, 0.717) is 6.61 Å². The number of hydrazine groups is 1. The Morgan fingerprint density at radius 1 is 1.80 bits per heavy atom. The first-order valence-corrected chi connectivity index (χ1v) is 2.91. The standard InChI is InChI=1S/C4H10N2O2.ClHO/c1-2-8-4(7)3-6-5;1-2/h6H,2-3,5H2,1H3;2H. The first-order valence-electron chi connectivity index (χ1n) is 2.57. The molecule has 0 aromatic heterocycles. The maximum Gasteiger partial charge on any atom is 0.321 e. The van der Waals surface area contributed by atoms with Crippen molar-refractivity contribution in [3.05, 3.63) is 0 Å². The van der Waals surface area contributed by atoms with Gasteiger partial charge in [-0.2, -0.15) is 0 Å². The van der Waals surface area contributed by atoms with Crippen LogP contribution >= 0.6 is 11.9 Å². The molecule has 0 saturated heterocycles. The molecule has 4 N–H and O–H groups in total. The van der Waals surface area contributed by atoms with Crippen LogP contribution in [-0.4, -0.2) is 23.8 Å². The lowest BCUT2D eigenvalue weighted by molar-refractivity contribution is -0.141. The summed E-state index contributed by atoms with van der Waals surface area (Å²) in [5, 5.41) is 0. The Morgan fingerprint density at radius 3 is 2.60 bits per heavy atom. The van der Waals surface area contributed by atoms with Crippen molar-refractivity contribution in [2.45, 2.75) is 6.92 Å². The average molecular weight is 171 g/mol. The summed E-state index contributed by atoms with van der Waals surface area (Å²) in [4.78, 5) is 10.3. The van der Waals surface area contributed by atoms with Gasteiger partial charge >= 0.3 is 5.97 Å². The molecule has 0 aromatic rings. The van der Waals surface area contributed by atoms with E-state index in [4.69, 9.17) is 10.5 Å². The van der Waals surface area contributed by atoms with Gasteiger partial charge in [-0.15, -0.1) is 0 Å². The van der Waals surface area contributed by atoms with Gasteiger partial charge in [-0.3, -0.25) is 15.3 Å². The first kappa shape index (κ1) is 12.3. The number of carbonyl (C=O) groups is 1. The van der Waals surface area contributed by atoms with E-state index in [2.05, 4.69) is 22.0 Å². The molecule has 0 amide bonds. The summed E-state index contributed by atoms with van der Waals surface area (Å²) in [6.07, 6.45) is 0. The summed E-state index contributed by atoms with van der Waals surface area (Å²) in [7, 11) is 0. The molecular formula is C4H11ClN2O3. The van der Waals surface area contributed by atoms with Crippen molar-refractivity contribution in [3.8, 4) is 0 Å². The first-order chi connectivity index (χ1) is 4.81. The van der Waals surface area contributed by atoms with Crippen LogP contribution in [0.25, 0.3) is 0 Å². The Labute approximate surface area is 64.2 Å². The summed E-state index contributed by atoms with van der Waals surface area (Å²) in [6.45, 7) is 2.22. The molecule has 0 rings (SSSR count). The SMILES string of the molecule is CCOC(=O)CNN.OCl. The number of carbonyl (C=O) groups excluding carboxylic acids is 1. The normalized spacial score (nSPS) is 7.60. The number of nitrogens with two attached hydrogens (primary N) is 1.